The van der Waals surface area contributed by atoms with Gasteiger partial charge in [0.05, 0.1) is 17.0 Å². The van der Waals surface area contributed by atoms with Crippen LogP contribution in [0.15, 0.2) is 26.4 Å². The molecule has 0 aliphatic carbocycles. The third-order valence-electron chi connectivity index (χ3n) is 4.78. The summed E-state index contributed by atoms with van der Waals surface area (Å²) in [6.07, 6.45) is 2.30. The number of piperazine rings is 1. The van der Waals surface area contributed by atoms with Crippen LogP contribution in [-0.2, 0) is 6.54 Å². The van der Waals surface area contributed by atoms with E-state index in [1.54, 1.807) is 12.3 Å². The van der Waals surface area contributed by atoms with E-state index in [4.69, 9.17) is 4.52 Å². The minimum Gasteiger partial charge on any atom is -0.334 e. The average Bonchev–Trinajstić information content (AvgIpc) is 3.15. The first kappa shape index (κ1) is 20.2. The Morgan fingerprint density at radius 2 is 2.18 bits per heavy atom. The van der Waals surface area contributed by atoms with Crippen molar-refractivity contribution < 1.29 is 4.52 Å². The first-order valence-electron chi connectivity index (χ1n) is 8.96. The second kappa shape index (κ2) is 8.21. The Labute approximate surface area is 166 Å². The third kappa shape index (κ3) is 3.58. The predicted octanol–water partition coefficient (Wildman–Crippen LogP) is 0.543. The number of aromatic amines is 1. The molecular formula is C17H22ClN7O3. The lowest BCUT2D eigenvalue weighted by Gasteiger charge is -2.30. The summed E-state index contributed by atoms with van der Waals surface area (Å²) in [6.45, 7) is 5.00. The maximum Gasteiger partial charge on any atom is 0.329 e. The molecule has 0 amide bonds. The fourth-order valence-corrected chi connectivity index (χ4v) is 3.30. The minimum atomic E-state index is -0.479. The van der Waals surface area contributed by atoms with Crippen LogP contribution in [0.3, 0.4) is 0 Å². The molecule has 1 aliphatic heterocycles. The molecule has 3 aromatic heterocycles. The first-order chi connectivity index (χ1) is 13.1. The summed E-state index contributed by atoms with van der Waals surface area (Å²) in [4.78, 5) is 37.6. The molecule has 1 unspecified atom stereocenters. The number of H-pyrrole nitrogens is 1. The lowest BCUT2D eigenvalue weighted by molar-refractivity contribution is 0.190. The molecule has 0 bridgehead atoms. The molecule has 3 aromatic rings. The van der Waals surface area contributed by atoms with E-state index in [2.05, 4.69) is 30.3 Å². The van der Waals surface area contributed by atoms with Crippen molar-refractivity contribution in [1.29, 1.82) is 0 Å². The summed E-state index contributed by atoms with van der Waals surface area (Å²) in [7, 11) is 2.02. The Bertz CT molecular complexity index is 1090. The summed E-state index contributed by atoms with van der Waals surface area (Å²) in [5.41, 5.74) is -0.0414. The van der Waals surface area contributed by atoms with Crippen molar-refractivity contribution in [1.82, 2.24) is 34.9 Å². The average molecular weight is 408 g/mol. The molecule has 11 heteroatoms. The van der Waals surface area contributed by atoms with Crippen molar-refractivity contribution >= 4 is 23.4 Å². The Hall–Kier alpha value is -2.56. The SMILES string of the molecule is CCCn1c(=O)[nH]c(=O)c2cc(-c3nc(C4CNCCN4C)no3)cnc21.Cl. The number of halogens is 1. The number of aromatic nitrogens is 5. The molecule has 4 heterocycles. The van der Waals surface area contributed by atoms with E-state index in [-0.39, 0.29) is 18.4 Å². The zero-order valence-corrected chi connectivity index (χ0v) is 16.5. The summed E-state index contributed by atoms with van der Waals surface area (Å²) in [5, 5.41) is 7.72. The molecule has 0 radical (unpaired) electrons. The number of nitrogens with one attached hydrogen (secondary N) is 2. The lowest BCUT2D eigenvalue weighted by Crippen LogP contribution is -2.44. The highest BCUT2D eigenvalue weighted by Gasteiger charge is 2.25. The van der Waals surface area contributed by atoms with E-state index in [1.165, 1.54) is 4.57 Å². The molecule has 0 spiro atoms. The number of hydrogen-bond acceptors (Lipinski definition) is 8. The topological polar surface area (TPSA) is 122 Å². The highest BCUT2D eigenvalue weighted by atomic mass is 35.5. The third-order valence-corrected chi connectivity index (χ3v) is 4.78. The molecule has 28 heavy (non-hydrogen) atoms. The van der Waals surface area contributed by atoms with Gasteiger partial charge in [-0.2, -0.15) is 4.98 Å². The minimum absolute atomic E-state index is 0. The van der Waals surface area contributed by atoms with Crippen molar-refractivity contribution in [2.75, 3.05) is 26.7 Å². The monoisotopic (exact) mass is 407 g/mol. The number of hydrogen-bond donors (Lipinski definition) is 2. The standard InChI is InChI=1S/C17H21N7O3.ClH/c1-3-5-24-14-11(15(25)21-17(24)26)7-10(8-19-14)16-20-13(22-27-16)12-9-18-4-6-23(12)2;/h7-8,12,18H,3-6,9H2,1-2H3,(H,21,25,26);1H. The van der Waals surface area contributed by atoms with E-state index < -0.39 is 11.2 Å². The van der Waals surface area contributed by atoms with E-state index in [9.17, 15) is 9.59 Å². The van der Waals surface area contributed by atoms with Gasteiger partial charge < -0.3 is 9.84 Å². The van der Waals surface area contributed by atoms with Crippen LogP contribution in [0.25, 0.3) is 22.5 Å². The van der Waals surface area contributed by atoms with E-state index in [0.29, 0.717) is 34.9 Å². The van der Waals surface area contributed by atoms with Gasteiger partial charge in [0.25, 0.3) is 11.4 Å². The zero-order valence-electron chi connectivity index (χ0n) is 15.6. The first-order valence-corrected chi connectivity index (χ1v) is 8.96. The largest absolute Gasteiger partial charge is 0.334 e. The van der Waals surface area contributed by atoms with Gasteiger partial charge in [-0.25, -0.2) is 9.78 Å². The van der Waals surface area contributed by atoms with Gasteiger partial charge in [0, 0.05) is 32.4 Å². The van der Waals surface area contributed by atoms with Crippen LogP contribution < -0.4 is 16.6 Å². The molecule has 1 atom stereocenters. The van der Waals surface area contributed by atoms with Gasteiger partial charge in [0.2, 0.25) is 0 Å². The second-order valence-electron chi connectivity index (χ2n) is 6.66. The van der Waals surface area contributed by atoms with Gasteiger partial charge in [-0.1, -0.05) is 12.1 Å². The number of rotatable bonds is 4. The molecule has 10 nitrogen and oxygen atoms in total. The molecule has 1 saturated heterocycles. The highest BCUT2D eigenvalue weighted by molar-refractivity contribution is 5.85. The van der Waals surface area contributed by atoms with Crippen molar-refractivity contribution in [3.8, 4) is 11.5 Å². The number of pyridine rings is 1. The maximum absolute atomic E-state index is 12.2. The lowest BCUT2D eigenvalue weighted by atomic mass is 10.2. The van der Waals surface area contributed by atoms with Crippen LogP contribution in [0.4, 0.5) is 0 Å². The quantitative estimate of drug-likeness (QED) is 0.642. The van der Waals surface area contributed by atoms with Crippen LogP contribution in [0.2, 0.25) is 0 Å². The maximum atomic E-state index is 12.2. The van der Waals surface area contributed by atoms with Gasteiger partial charge in [0.1, 0.15) is 5.65 Å². The number of fused-ring (bicyclic) bond motifs is 1. The Morgan fingerprint density at radius 3 is 2.93 bits per heavy atom. The predicted molar refractivity (Wildman–Crippen MR) is 106 cm³/mol. The van der Waals surface area contributed by atoms with Gasteiger partial charge in [-0.3, -0.25) is 19.2 Å². The zero-order chi connectivity index (χ0) is 19.0. The molecule has 0 saturated carbocycles. The summed E-state index contributed by atoms with van der Waals surface area (Å²) in [5.74, 6) is 0.885. The van der Waals surface area contributed by atoms with Crippen LogP contribution >= 0.6 is 12.4 Å². The van der Waals surface area contributed by atoms with Crippen LogP contribution in [-0.4, -0.2) is 56.3 Å². The number of likely N-dealkylation sites (N-methyl/N-ethyl adjacent to an activating group) is 1. The fraction of sp³-hybridized carbons (Fsp3) is 0.471. The summed E-state index contributed by atoms with van der Waals surface area (Å²) >= 11 is 0. The van der Waals surface area contributed by atoms with Gasteiger partial charge >= 0.3 is 5.69 Å². The molecular weight excluding hydrogens is 386 g/mol. The number of aryl methyl sites for hydroxylation is 1. The Kier molecular flexibility index (Phi) is 5.92. The molecule has 1 aliphatic rings. The second-order valence-corrected chi connectivity index (χ2v) is 6.66. The van der Waals surface area contributed by atoms with Crippen LogP contribution in [0, 0.1) is 0 Å². The van der Waals surface area contributed by atoms with E-state index >= 15 is 0 Å². The van der Waals surface area contributed by atoms with Crippen molar-refractivity contribution in [3.05, 3.63) is 38.9 Å². The Morgan fingerprint density at radius 1 is 1.36 bits per heavy atom. The van der Waals surface area contributed by atoms with Gasteiger partial charge in [0.15, 0.2) is 5.82 Å². The van der Waals surface area contributed by atoms with Crippen LogP contribution in [0.1, 0.15) is 25.2 Å². The van der Waals surface area contributed by atoms with Gasteiger partial charge in [-0.15, -0.1) is 12.4 Å². The smallest absolute Gasteiger partial charge is 0.329 e. The number of nitrogens with zero attached hydrogens (tertiary/aromatic N) is 5. The van der Waals surface area contributed by atoms with E-state index in [0.717, 1.165) is 26.1 Å². The molecule has 2 N–H and O–H groups in total. The summed E-state index contributed by atoms with van der Waals surface area (Å²) in [6, 6.07) is 1.66. The van der Waals surface area contributed by atoms with Crippen molar-refractivity contribution in [2.45, 2.75) is 25.9 Å². The molecule has 150 valence electrons. The normalized spacial score (nSPS) is 17.6. The van der Waals surface area contributed by atoms with E-state index in [1.807, 2.05) is 14.0 Å². The highest BCUT2D eigenvalue weighted by Crippen LogP contribution is 2.23. The Balaban J connectivity index is 0.00000225. The summed E-state index contributed by atoms with van der Waals surface area (Å²) < 4.78 is 6.87. The van der Waals surface area contributed by atoms with Crippen molar-refractivity contribution in [3.63, 3.8) is 0 Å². The fourth-order valence-electron chi connectivity index (χ4n) is 3.30. The molecule has 4 rings (SSSR count). The van der Waals surface area contributed by atoms with Crippen LogP contribution in [0.5, 0.6) is 0 Å². The molecule has 1 fully saturated rings. The molecule has 0 aromatic carbocycles. The van der Waals surface area contributed by atoms with Gasteiger partial charge in [-0.05, 0) is 19.5 Å². The van der Waals surface area contributed by atoms with Crippen molar-refractivity contribution in [2.24, 2.45) is 0 Å².